The normalized spacial score (nSPS) is 15.6. The van der Waals surface area contributed by atoms with Crippen molar-refractivity contribution in [1.82, 2.24) is 9.44 Å². The van der Waals surface area contributed by atoms with Crippen LogP contribution in [0, 0.1) is 0 Å². The number of ether oxygens (including phenoxy) is 1. The molecule has 0 radical (unpaired) electrons. The second-order valence-electron chi connectivity index (χ2n) is 4.29. The molecule has 4 N–H and O–H groups in total. The number of anilines is 1. The maximum Gasteiger partial charge on any atom is 0.277 e. The zero-order chi connectivity index (χ0) is 13.2. The number of nitrogen functional groups attached to an aromatic ring is 1. The van der Waals surface area contributed by atoms with E-state index in [2.05, 4.69) is 9.44 Å². The van der Waals surface area contributed by atoms with Gasteiger partial charge in [0, 0.05) is 12.6 Å². The van der Waals surface area contributed by atoms with Crippen LogP contribution in [-0.4, -0.2) is 21.6 Å². The minimum atomic E-state index is -3.42. The fourth-order valence-electron chi connectivity index (χ4n) is 1.53. The Morgan fingerprint density at radius 2 is 2.17 bits per heavy atom. The molecule has 1 saturated carbocycles. The van der Waals surface area contributed by atoms with E-state index < -0.39 is 10.2 Å². The van der Waals surface area contributed by atoms with Crippen molar-refractivity contribution in [3.05, 3.63) is 23.8 Å². The summed E-state index contributed by atoms with van der Waals surface area (Å²) in [4.78, 5) is 0. The lowest BCUT2D eigenvalue weighted by molar-refractivity contribution is 0.417. The molecule has 1 aliphatic carbocycles. The van der Waals surface area contributed by atoms with Crippen molar-refractivity contribution < 1.29 is 13.2 Å². The van der Waals surface area contributed by atoms with Crippen LogP contribution in [0.1, 0.15) is 18.4 Å². The molecule has 0 unspecified atom stereocenters. The standard InChI is InChI=1S/C11H17N3O3S/c1-17-11-5-2-8(6-10(11)12)7-13-18(15,16)14-9-3-4-9/h2,5-6,9,13-14H,3-4,7,12H2,1H3. The zero-order valence-corrected chi connectivity index (χ0v) is 11.0. The molecule has 100 valence electrons. The summed E-state index contributed by atoms with van der Waals surface area (Å²) in [6.07, 6.45) is 1.83. The topological polar surface area (TPSA) is 93.4 Å². The first-order valence-electron chi connectivity index (χ1n) is 5.69. The molecule has 1 aliphatic rings. The Morgan fingerprint density at radius 1 is 1.44 bits per heavy atom. The number of nitrogens with one attached hydrogen (secondary N) is 2. The highest BCUT2D eigenvalue weighted by Gasteiger charge is 2.26. The Bertz CT molecular complexity index is 526. The molecule has 0 atom stereocenters. The number of methoxy groups -OCH3 is 1. The van der Waals surface area contributed by atoms with Crippen molar-refractivity contribution in [2.45, 2.75) is 25.4 Å². The van der Waals surface area contributed by atoms with Crippen LogP contribution >= 0.6 is 0 Å². The molecule has 0 spiro atoms. The van der Waals surface area contributed by atoms with E-state index in [1.165, 1.54) is 7.11 Å². The molecule has 6 nitrogen and oxygen atoms in total. The van der Waals surface area contributed by atoms with E-state index in [9.17, 15) is 8.42 Å². The molecule has 0 amide bonds. The van der Waals surface area contributed by atoms with E-state index >= 15 is 0 Å². The summed E-state index contributed by atoms with van der Waals surface area (Å²) in [7, 11) is -1.88. The predicted octanol–water partition coefficient (Wildman–Crippen LogP) is 0.364. The van der Waals surface area contributed by atoms with Gasteiger partial charge in [-0.15, -0.1) is 0 Å². The van der Waals surface area contributed by atoms with Gasteiger partial charge in [-0.2, -0.15) is 17.9 Å². The van der Waals surface area contributed by atoms with E-state index in [0.29, 0.717) is 11.4 Å². The molecule has 2 rings (SSSR count). The van der Waals surface area contributed by atoms with Gasteiger partial charge in [-0.1, -0.05) is 6.07 Å². The first-order valence-corrected chi connectivity index (χ1v) is 7.18. The van der Waals surface area contributed by atoms with E-state index in [1.807, 2.05) is 0 Å². The molecule has 1 aromatic rings. The third-order valence-electron chi connectivity index (χ3n) is 2.66. The monoisotopic (exact) mass is 271 g/mol. The van der Waals surface area contributed by atoms with Crippen LogP contribution in [0.15, 0.2) is 18.2 Å². The quantitative estimate of drug-likeness (QED) is 0.651. The van der Waals surface area contributed by atoms with Gasteiger partial charge in [-0.3, -0.25) is 0 Å². The number of hydrogen-bond acceptors (Lipinski definition) is 4. The third kappa shape index (κ3) is 3.59. The average molecular weight is 271 g/mol. The van der Waals surface area contributed by atoms with Crippen LogP contribution in [0.4, 0.5) is 5.69 Å². The highest BCUT2D eigenvalue weighted by atomic mass is 32.2. The number of hydrogen-bond donors (Lipinski definition) is 3. The summed E-state index contributed by atoms with van der Waals surface area (Å²) in [5.74, 6) is 0.581. The average Bonchev–Trinajstić information content (AvgIpc) is 3.10. The lowest BCUT2D eigenvalue weighted by Gasteiger charge is -2.09. The van der Waals surface area contributed by atoms with Crippen molar-refractivity contribution >= 4 is 15.9 Å². The van der Waals surface area contributed by atoms with Crippen molar-refractivity contribution in [1.29, 1.82) is 0 Å². The van der Waals surface area contributed by atoms with Crippen LogP contribution in [0.5, 0.6) is 5.75 Å². The highest BCUT2D eigenvalue weighted by molar-refractivity contribution is 7.87. The lowest BCUT2D eigenvalue weighted by atomic mass is 10.2. The van der Waals surface area contributed by atoms with E-state index in [-0.39, 0.29) is 12.6 Å². The molecular weight excluding hydrogens is 254 g/mol. The molecule has 1 fully saturated rings. The molecule has 0 bridgehead atoms. The summed E-state index contributed by atoms with van der Waals surface area (Å²) < 4.78 is 33.2. The van der Waals surface area contributed by atoms with Gasteiger partial charge < -0.3 is 10.5 Å². The maximum atomic E-state index is 11.6. The molecule has 0 aromatic heterocycles. The predicted molar refractivity (Wildman–Crippen MR) is 69.3 cm³/mol. The van der Waals surface area contributed by atoms with Gasteiger partial charge in [-0.05, 0) is 30.5 Å². The Balaban J connectivity index is 1.95. The maximum absolute atomic E-state index is 11.6. The molecule has 0 aliphatic heterocycles. The van der Waals surface area contributed by atoms with Gasteiger partial charge in [0.2, 0.25) is 0 Å². The number of nitrogens with two attached hydrogens (primary N) is 1. The van der Waals surface area contributed by atoms with E-state index in [0.717, 1.165) is 18.4 Å². The zero-order valence-electron chi connectivity index (χ0n) is 10.1. The smallest absolute Gasteiger partial charge is 0.277 e. The lowest BCUT2D eigenvalue weighted by Crippen LogP contribution is -2.37. The largest absolute Gasteiger partial charge is 0.495 e. The van der Waals surface area contributed by atoms with E-state index in [1.54, 1.807) is 18.2 Å². The molecular formula is C11H17N3O3S. The summed E-state index contributed by atoms with van der Waals surface area (Å²) >= 11 is 0. The second kappa shape index (κ2) is 5.13. The summed E-state index contributed by atoms with van der Waals surface area (Å²) in [6.45, 7) is 0.205. The van der Waals surface area contributed by atoms with Gasteiger partial charge in [0.1, 0.15) is 5.75 Å². The van der Waals surface area contributed by atoms with Crippen molar-refractivity contribution in [2.24, 2.45) is 0 Å². The van der Waals surface area contributed by atoms with Crippen molar-refractivity contribution in [3.63, 3.8) is 0 Å². The van der Waals surface area contributed by atoms with Gasteiger partial charge in [0.15, 0.2) is 0 Å². The molecule has 18 heavy (non-hydrogen) atoms. The van der Waals surface area contributed by atoms with Gasteiger partial charge in [0.25, 0.3) is 10.2 Å². The summed E-state index contributed by atoms with van der Waals surface area (Å²) in [6, 6.07) is 5.28. The van der Waals surface area contributed by atoms with E-state index in [4.69, 9.17) is 10.5 Å². The molecule has 1 aromatic carbocycles. The fraction of sp³-hybridized carbons (Fsp3) is 0.455. The van der Waals surface area contributed by atoms with Crippen molar-refractivity contribution in [3.8, 4) is 5.75 Å². The number of benzene rings is 1. The van der Waals surface area contributed by atoms with Crippen LogP contribution in [-0.2, 0) is 16.8 Å². The Labute approximate surface area is 107 Å². The van der Waals surface area contributed by atoms with Crippen LogP contribution in [0.25, 0.3) is 0 Å². The number of rotatable bonds is 6. The van der Waals surface area contributed by atoms with Gasteiger partial charge in [0.05, 0.1) is 12.8 Å². The second-order valence-corrected chi connectivity index (χ2v) is 5.82. The Kier molecular flexibility index (Phi) is 3.74. The van der Waals surface area contributed by atoms with Gasteiger partial charge >= 0.3 is 0 Å². The third-order valence-corrected chi connectivity index (χ3v) is 3.83. The minimum absolute atomic E-state index is 0.100. The highest BCUT2D eigenvalue weighted by Crippen LogP contribution is 2.22. The van der Waals surface area contributed by atoms with Crippen LogP contribution in [0.3, 0.4) is 0 Å². The minimum Gasteiger partial charge on any atom is -0.495 e. The Morgan fingerprint density at radius 3 is 2.72 bits per heavy atom. The fourth-order valence-corrected chi connectivity index (χ4v) is 2.65. The molecule has 7 heteroatoms. The summed E-state index contributed by atoms with van der Waals surface area (Å²) in [5.41, 5.74) is 7.02. The van der Waals surface area contributed by atoms with Crippen LogP contribution in [0.2, 0.25) is 0 Å². The van der Waals surface area contributed by atoms with Gasteiger partial charge in [-0.25, -0.2) is 0 Å². The first-order chi connectivity index (χ1) is 8.50. The Hall–Kier alpha value is -1.31. The molecule has 0 heterocycles. The summed E-state index contributed by atoms with van der Waals surface area (Å²) in [5, 5.41) is 0. The molecule has 0 saturated heterocycles. The van der Waals surface area contributed by atoms with Crippen LogP contribution < -0.4 is 19.9 Å². The van der Waals surface area contributed by atoms with Crippen molar-refractivity contribution in [2.75, 3.05) is 12.8 Å². The first kappa shape index (κ1) is 13.1. The SMILES string of the molecule is COc1ccc(CNS(=O)(=O)NC2CC2)cc1N.